The first kappa shape index (κ1) is 32.9. The number of aromatic nitrogens is 3. The molecule has 0 fully saturated rings. The maximum atomic E-state index is 11.1. The number of fused-ring (bicyclic) bond motifs is 15. The van der Waals surface area contributed by atoms with Crippen LogP contribution >= 0.6 is 11.3 Å². The average Bonchev–Trinajstić information content (AvgIpc) is 4.05. The lowest BCUT2D eigenvalue weighted by atomic mass is 10.0. The fraction of sp³-hybridized carbons (Fsp3) is 0. The van der Waals surface area contributed by atoms with E-state index in [1.54, 1.807) is 11.3 Å². The highest BCUT2D eigenvalue weighted by Crippen LogP contribution is 2.46. The molecule has 13 aromatic rings. The Labute approximate surface area is 346 Å². The molecule has 0 saturated carbocycles. The molecule has 60 heavy (non-hydrogen) atoms. The molecule has 4 heterocycles. The fourth-order valence-electron chi connectivity index (χ4n) is 10.00. The number of rotatable bonds is 3. The maximum Gasteiger partial charge on any atom is 0.101 e. The topological polar surface area (TPSA) is 62.4 Å². The smallest absolute Gasteiger partial charge is 0.101 e. The Morgan fingerprint density at radius 3 is 1.57 bits per heavy atom. The van der Waals surface area contributed by atoms with Crippen LogP contribution in [0.5, 0.6) is 0 Å². The molecule has 13 rings (SSSR count). The third-order valence-electron chi connectivity index (χ3n) is 12.5. The van der Waals surface area contributed by atoms with Crippen LogP contribution < -0.4 is 0 Å². The van der Waals surface area contributed by atoms with Crippen molar-refractivity contribution in [2.45, 2.75) is 0 Å². The van der Waals surface area contributed by atoms with Crippen LogP contribution in [0, 0.1) is 22.7 Å². The molecule has 5 nitrogen and oxygen atoms in total. The van der Waals surface area contributed by atoms with Crippen molar-refractivity contribution >= 4 is 108 Å². The van der Waals surface area contributed by atoms with E-state index in [9.17, 15) is 10.5 Å². The molecule has 0 spiro atoms. The van der Waals surface area contributed by atoms with Crippen molar-refractivity contribution in [1.82, 2.24) is 13.7 Å². The molecular weight excluding hydrogens is 751 g/mol. The third kappa shape index (κ3) is 4.32. The van der Waals surface area contributed by atoms with E-state index in [1.165, 1.54) is 30.9 Å². The van der Waals surface area contributed by atoms with E-state index >= 15 is 0 Å². The van der Waals surface area contributed by atoms with E-state index < -0.39 is 0 Å². The Kier molecular flexibility index (Phi) is 6.67. The molecule has 276 valence electrons. The van der Waals surface area contributed by atoms with Gasteiger partial charge in [0.2, 0.25) is 0 Å². The van der Waals surface area contributed by atoms with Crippen molar-refractivity contribution in [2.24, 2.45) is 0 Å². The molecule has 0 amide bonds. The summed E-state index contributed by atoms with van der Waals surface area (Å²) in [6.07, 6.45) is 0. The Morgan fingerprint density at radius 1 is 0.367 bits per heavy atom. The molecule has 0 radical (unpaired) electrons. The van der Waals surface area contributed by atoms with Gasteiger partial charge in [-0.15, -0.1) is 11.3 Å². The molecule has 0 aliphatic rings. The Hall–Kier alpha value is -8.16. The van der Waals surface area contributed by atoms with E-state index in [1.807, 2.05) is 18.2 Å². The number of para-hydroxylation sites is 3. The first-order valence-electron chi connectivity index (χ1n) is 20.0. The summed E-state index contributed by atoms with van der Waals surface area (Å²) >= 11 is 1.80. The van der Waals surface area contributed by atoms with Crippen molar-refractivity contribution in [1.29, 1.82) is 10.5 Å². The molecule has 0 aliphatic carbocycles. The van der Waals surface area contributed by atoms with Gasteiger partial charge in [0.05, 0.1) is 55.6 Å². The number of hydrogen-bond donors (Lipinski definition) is 0. The molecular formula is C54H29N5S. The molecule has 0 atom stereocenters. The number of hydrogen-bond acceptors (Lipinski definition) is 3. The van der Waals surface area contributed by atoms with Gasteiger partial charge in [-0.3, -0.25) is 0 Å². The van der Waals surface area contributed by atoms with Gasteiger partial charge in [0.1, 0.15) is 12.1 Å². The molecule has 4 aromatic heterocycles. The monoisotopic (exact) mass is 779 g/mol. The second kappa shape index (κ2) is 12.2. The zero-order valence-corrected chi connectivity index (χ0v) is 32.7. The molecule has 0 N–H and O–H groups in total. The minimum atomic E-state index is 0.484. The first-order valence-corrected chi connectivity index (χ1v) is 20.8. The second-order valence-corrected chi connectivity index (χ2v) is 16.5. The van der Waals surface area contributed by atoms with E-state index in [2.05, 4.69) is 184 Å². The fourth-order valence-corrected chi connectivity index (χ4v) is 11.3. The van der Waals surface area contributed by atoms with Gasteiger partial charge in [-0.2, -0.15) is 10.5 Å². The van der Waals surface area contributed by atoms with E-state index in [4.69, 9.17) is 0 Å². The highest BCUT2D eigenvalue weighted by molar-refractivity contribution is 7.26. The highest BCUT2D eigenvalue weighted by Gasteiger charge is 2.24. The summed E-state index contributed by atoms with van der Waals surface area (Å²) in [6, 6.07) is 66.9. The summed E-state index contributed by atoms with van der Waals surface area (Å²) in [5.74, 6) is 0. The lowest BCUT2D eigenvalue weighted by Gasteiger charge is -2.16. The predicted octanol–water partition coefficient (Wildman–Crippen LogP) is 14.2. The van der Waals surface area contributed by atoms with Crippen molar-refractivity contribution in [3.8, 4) is 29.2 Å². The number of benzene rings is 9. The van der Waals surface area contributed by atoms with Gasteiger partial charge in [0.25, 0.3) is 0 Å². The minimum Gasteiger partial charge on any atom is -0.309 e. The van der Waals surface area contributed by atoms with Gasteiger partial charge in [-0.1, -0.05) is 109 Å². The van der Waals surface area contributed by atoms with Crippen LogP contribution in [-0.2, 0) is 0 Å². The zero-order chi connectivity index (χ0) is 39.6. The SMILES string of the molecule is N#Cc1cc(-n2c3ccc(-n4c5ccccc5c5ccccc54)cc3c3c4sc5ccccc5c4ccc32)c(C#N)cc1-n1c2ccccc2c2c3ccccc3ccc21. The van der Waals surface area contributed by atoms with Crippen molar-refractivity contribution in [2.75, 3.05) is 0 Å². The molecule has 0 unspecified atom stereocenters. The Bertz CT molecular complexity index is 4050. The van der Waals surface area contributed by atoms with Crippen molar-refractivity contribution in [3.05, 3.63) is 187 Å². The molecule has 0 aliphatic heterocycles. The van der Waals surface area contributed by atoms with Crippen LogP contribution in [0.25, 0.3) is 113 Å². The Balaban J connectivity index is 1.13. The lowest BCUT2D eigenvalue weighted by Crippen LogP contribution is -2.04. The normalized spacial score (nSPS) is 12.0. The van der Waals surface area contributed by atoms with Crippen LogP contribution in [0.1, 0.15) is 11.1 Å². The summed E-state index contributed by atoms with van der Waals surface area (Å²) in [6.45, 7) is 0. The van der Waals surface area contributed by atoms with Gasteiger partial charge < -0.3 is 13.7 Å². The van der Waals surface area contributed by atoms with Crippen molar-refractivity contribution < 1.29 is 0 Å². The maximum absolute atomic E-state index is 11.1. The van der Waals surface area contributed by atoms with Gasteiger partial charge >= 0.3 is 0 Å². The number of thiophene rings is 1. The van der Waals surface area contributed by atoms with Crippen LogP contribution in [0.2, 0.25) is 0 Å². The highest BCUT2D eigenvalue weighted by atomic mass is 32.1. The van der Waals surface area contributed by atoms with E-state index in [0.29, 0.717) is 22.5 Å². The molecule has 0 saturated heterocycles. The van der Waals surface area contributed by atoms with Crippen LogP contribution in [-0.4, -0.2) is 13.7 Å². The zero-order valence-electron chi connectivity index (χ0n) is 31.9. The summed E-state index contributed by atoms with van der Waals surface area (Å²) in [5, 5.41) is 33.7. The average molecular weight is 780 g/mol. The molecule has 6 heteroatoms. The summed E-state index contributed by atoms with van der Waals surface area (Å²) in [5.41, 5.74) is 9.61. The largest absolute Gasteiger partial charge is 0.309 e. The summed E-state index contributed by atoms with van der Waals surface area (Å²) in [4.78, 5) is 0. The van der Waals surface area contributed by atoms with Crippen molar-refractivity contribution in [3.63, 3.8) is 0 Å². The number of nitriles is 2. The summed E-state index contributed by atoms with van der Waals surface area (Å²) in [7, 11) is 0. The standard InChI is InChI=1S/C54H29N5S/c55-30-33-28-50(34(31-56)27-49(33)58-45-19-9-5-16-41(45)52-36-12-2-1-11-32(36)21-24-47(52)58)59-46-25-22-35(57-43-17-7-3-13-37(43)38-14-4-8-18-44(38)57)29-42(46)53-48(59)26-23-40-39-15-6-10-20-51(39)60-54(40)53/h1-29H. The summed E-state index contributed by atoms with van der Waals surface area (Å²) < 4.78 is 9.14. The van der Waals surface area contributed by atoms with E-state index in [0.717, 1.165) is 71.1 Å². The van der Waals surface area contributed by atoms with Gasteiger partial charge in [-0.05, 0) is 77.5 Å². The Morgan fingerprint density at radius 2 is 0.883 bits per heavy atom. The predicted molar refractivity (Wildman–Crippen MR) is 249 cm³/mol. The van der Waals surface area contributed by atoms with Gasteiger partial charge in [0.15, 0.2) is 0 Å². The lowest BCUT2D eigenvalue weighted by molar-refractivity contribution is 1.12. The minimum absolute atomic E-state index is 0.484. The number of nitrogens with zero attached hydrogens (tertiary/aromatic N) is 5. The quantitative estimate of drug-likeness (QED) is 0.179. The third-order valence-corrected chi connectivity index (χ3v) is 13.7. The van der Waals surface area contributed by atoms with Crippen LogP contribution in [0.4, 0.5) is 0 Å². The second-order valence-electron chi connectivity index (χ2n) is 15.5. The van der Waals surface area contributed by atoms with Crippen LogP contribution in [0.15, 0.2) is 176 Å². The van der Waals surface area contributed by atoms with E-state index in [-0.39, 0.29) is 0 Å². The first-order chi connectivity index (χ1) is 29.7. The molecule has 9 aromatic carbocycles. The van der Waals surface area contributed by atoms with Crippen LogP contribution in [0.3, 0.4) is 0 Å². The van der Waals surface area contributed by atoms with Gasteiger partial charge in [-0.25, -0.2) is 0 Å². The molecule has 0 bridgehead atoms. The van der Waals surface area contributed by atoms with Gasteiger partial charge in [0, 0.05) is 58.2 Å².